The molecule has 0 aliphatic carbocycles. The molecule has 1 aromatic heterocycles. The highest BCUT2D eigenvalue weighted by molar-refractivity contribution is 9.10. The molecule has 2 aromatic carbocycles. The summed E-state index contributed by atoms with van der Waals surface area (Å²) in [5.74, 6) is 2.40. The zero-order chi connectivity index (χ0) is 22.1. The van der Waals surface area contributed by atoms with Crippen LogP contribution in [-0.4, -0.2) is 39.1 Å². The van der Waals surface area contributed by atoms with E-state index in [0.717, 1.165) is 51.8 Å². The van der Waals surface area contributed by atoms with Crippen LogP contribution in [-0.2, 0) is 20.2 Å². The van der Waals surface area contributed by atoms with Gasteiger partial charge in [0.15, 0.2) is 11.5 Å². The van der Waals surface area contributed by atoms with Gasteiger partial charge in [0, 0.05) is 28.8 Å². The number of rotatable bonds is 12. The Bertz CT molecular complexity index is 971. The lowest BCUT2D eigenvalue weighted by Gasteiger charge is -2.15. The van der Waals surface area contributed by atoms with Crippen molar-refractivity contribution in [2.45, 2.75) is 31.7 Å². The van der Waals surface area contributed by atoms with Crippen molar-refractivity contribution in [3.05, 3.63) is 57.0 Å². The minimum atomic E-state index is 0.444. The molecule has 0 saturated heterocycles. The molecule has 0 spiro atoms. The summed E-state index contributed by atoms with van der Waals surface area (Å²) < 4.78 is 14.5. The van der Waals surface area contributed by atoms with Crippen LogP contribution in [0, 0.1) is 0 Å². The van der Waals surface area contributed by atoms with Gasteiger partial charge in [-0.05, 0) is 65.7 Å². The molecule has 7 nitrogen and oxygen atoms in total. The topological polar surface area (TPSA) is 74.1 Å². The Morgan fingerprint density at radius 3 is 2.65 bits per heavy atom. The molecule has 3 aromatic rings. The lowest BCUT2D eigenvalue weighted by molar-refractivity contribution is 0.269. The van der Waals surface area contributed by atoms with E-state index >= 15 is 0 Å². The monoisotopic (exact) mass is 525 g/mol. The molecule has 1 N–H and O–H groups in total. The summed E-state index contributed by atoms with van der Waals surface area (Å²) in [6, 6.07) is 11.6. The van der Waals surface area contributed by atoms with Gasteiger partial charge in [0.1, 0.15) is 6.61 Å². The van der Waals surface area contributed by atoms with Crippen molar-refractivity contribution in [3.8, 4) is 11.5 Å². The Labute approximate surface area is 200 Å². The average Bonchev–Trinajstić information content (AvgIpc) is 3.17. The Morgan fingerprint density at radius 1 is 1.16 bits per heavy atom. The number of hydrogen-bond donors (Lipinski definition) is 1. The van der Waals surface area contributed by atoms with E-state index in [0.29, 0.717) is 24.0 Å². The summed E-state index contributed by atoms with van der Waals surface area (Å²) in [6.45, 7) is 4.60. The molecule has 0 atom stereocenters. The molecule has 31 heavy (non-hydrogen) atoms. The molecular weight excluding hydrogens is 502 g/mol. The lowest BCUT2D eigenvalue weighted by Crippen LogP contribution is -2.16. The first-order valence-corrected chi connectivity index (χ1v) is 12.1. The highest BCUT2D eigenvalue weighted by Crippen LogP contribution is 2.34. The van der Waals surface area contributed by atoms with Crippen LogP contribution >= 0.6 is 39.3 Å². The molecule has 3 rings (SSSR count). The van der Waals surface area contributed by atoms with E-state index in [-0.39, 0.29) is 0 Å². The number of halogens is 2. The van der Waals surface area contributed by atoms with Crippen molar-refractivity contribution in [2.75, 3.05) is 18.9 Å². The summed E-state index contributed by atoms with van der Waals surface area (Å²) in [6.07, 6.45) is 1.01. The zero-order valence-corrected chi connectivity index (χ0v) is 20.6. The maximum absolute atomic E-state index is 6.01. The van der Waals surface area contributed by atoms with E-state index in [1.165, 1.54) is 0 Å². The summed E-state index contributed by atoms with van der Waals surface area (Å²) in [5.41, 5.74) is 2.16. The van der Waals surface area contributed by atoms with E-state index in [1.54, 1.807) is 16.4 Å². The Balaban J connectivity index is 1.51. The number of aryl methyl sites for hydroxylation is 1. The third-order valence-corrected chi connectivity index (χ3v) is 6.43. The number of hydrogen-bond acceptors (Lipinski definition) is 7. The highest BCUT2D eigenvalue weighted by atomic mass is 79.9. The summed E-state index contributed by atoms with van der Waals surface area (Å²) in [7, 11) is 1.84. The van der Waals surface area contributed by atoms with Gasteiger partial charge in [-0.3, -0.25) is 0 Å². The minimum absolute atomic E-state index is 0.444. The molecule has 0 saturated carbocycles. The van der Waals surface area contributed by atoms with Crippen LogP contribution in [0.25, 0.3) is 0 Å². The number of nitrogens with zero attached hydrogens (tertiary/aromatic N) is 4. The maximum atomic E-state index is 6.01. The Kier molecular flexibility index (Phi) is 9.45. The Hall–Kier alpha value is -1.81. The molecule has 0 unspecified atom stereocenters. The van der Waals surface area contributed by atoms with Gasteiger partial charge in [0.05, 0.1) is 6.61 Å². The van der Waals surface area contributed by atoms with Crippen LogP contribution in [0.1, 0.15) is 24.5 Å². The third kappa shape index (κ3) is 7.38. The first-order valence-electron chi connectivity index (χ1n) is 9.95. The summed E-state index contributed by atoms with van der Waals surface area (Å²) in [4.78, 5) is 0. The minimum Gasteiger partial charge on any atom is -0.490 e. The van der Waals surface area contributed by atoms with E-state index < -0.39 is 0 Å². The second kappa shape index (κ2) is 12.3. The lowest BCUT2D eigenvalue weighted by atomic mass is 10.2. The standard InChI is InChI=1S/C21H25BrClN5O2S/c1-3-29-19-11-16(13-24-9-4-10-31-21-25-26-27-28(21)2)18(22)12-20(19)30-14-15-5-7-17(23)8-6-15/h5-8,11-12,24H,3-4,9-10,13-14H2,1-2H3. The van der Waals surface area contributed by atoms with Gasteiger partial charge >= 0.3 is 0 Å². The zero-order valence-electron chi connectivity index (χ0n) is 17.5. The first-order chi connectivity index (χ1) is 15.1. The maximum Gasteiger partial charge on any atom is 0.209 e. The molecular formula is C21H25BrClN5O2S. The van der Waals surface area contributed by atoms with E-state index in [9.17, 15) is 0 Å². The fraction of sp³-hybridized carbons (Fsp3) is 0.381. The molecule has 1 heterocycles. The smallest absolute Gasteiger partial charge is 0.209 e. The van der Waals surface area contributed by atoms with Crippen LogP contribution in [0.4, 0.5) is 0 Å². The van der Waals surface area contributed by atoms with Gasteiger partial charge in [-0.25, -0.2) is 4.68 Å². The molecule has 0 radical (unpaired) electrons. The van der Waals surface area contributed by atoms with Crippen molar-refractivity contribution < 1.29 is 9.47 Å². The fourth-order valence-corrected chi connectivity index (χ4v) is 4.14. The van der Waals surface area contributed by atoms with Gasteiger partial charge in [0.25, 0.3) is 0 Å². The van der Waals surface area contributed by atoms with Crippen LogP contribution in [0.2, 0.25) is 5.02 Å². The fourth-order valence-electron chi connectivity index (χ4n) is 2.76. The second-order valence-corrected chi connectivity index (χ2v) is 9.06. The number of thioether (sulfide) groups is 1. The highest BCUT2D eigenvalue weighted by Gasteiger charge is 2.11. The van der Waals surface area contributed by atoms with Crippen molar-refractivity contribution in [2.24, 2.45) is 7.05 Å². The van der Waals surface area contributed by atoms with Crippen molar-refractivity contribution >= 4 is 39.3 Å². The summed E-state index contributed by atoms with van der Waals surface area (Å²) >= 11 is 11.3. The van der Waals surface area contributed by atoms with Crippen molar-refractivity contribution in [1.82, 2.24) is 25.5 Å². The van der Waals surface area contributed by atoms with Crippen LogP contribution in [0.15, 0.2) is 46.0 Å². The van der Waals surface area contributed by atoms with Gasteiger partial charge < -0.3 is 14.8 Å². The van der Waals surface area contributed by atoms with Crippen LogP contribution < -0.4 is 14.8 Å². The number of ether oxygens (including phenoxy) is 2. The molecule has 0 aliphatic heterocycles. The van der Waals surface area contributed by atoms with Gasteiger partial charge in [-0.1, -0.05) is 51.4 Å². The Morgan fingerprint density at radius 2 is 1.94 bits per heavy atom. The number of tetrazole rings is 1. The molecule has 0 bridgehead atoms. The van der Waals surface area contributed by atoms with Crippen LogP contribution in [0.3, 0.4) is 0 Å². The SMILES string of the molecule is CCOc1cc(CNCCCSc2nnnn2C)c(Br)cc1OCc1ccc(Cl)cc1. The average molecular weight is 527 g/mol. The van der Waals surface area contributed by atoms with Gasteiger partial charge in [0.2, 0.25) is 5.16 Å². The van der Waals surface area contributed by atoms with E-state index in [1.807, 2.05) is 50.4 Å². The largest absolute Gasteiger partial charge is 0.490 e. The summed E-state index contributed by atoms with van der Waals surface area (Å²) in [5, 5.41) is 16.5. The van der Waals surface area contributed by atoms with E-state index in [4.69, 9.17) is 21.1 Å². The predicted octanol–water partition coefficient (Wildman–Crippen LogP) is 4.88. The molecule has 0 amide bonds. The number of aromatic nitrogens is 4. The predicted molar refractivity (Wildman–Crippen MR) is 127 cm³/mol. The van der Waals surface area contributed by atoms with Crippen molar-refractivity contribution in [3.63, 3.8) is 0 Å². The number of benzene rings is 2. The normalized spacial score (nSPS) is 11.0. The molecule has 0 aliphatic rings. The first kappa shape index (κ1) is 23.8. The van der Waals surface area contributed by atoms with E-state index in [2.05, 4.69) is 36.8 Å². The van der Waals surface area contributed by atoms with Gasteiger partial charge in [-0.2, -0.15) is 0 Å². The third-order valence-electron chi connectivity index (χ3n) is 4.35. The van der Waals surface area contributed by atoms with Crippen LogP contribution in [0.5, 0.6) is 11.5 Å². The quantitative estimate of drug-likeness (QED) is 0.266. The molecule has 0 fully saturated rings. The molecule has 166 valence electrons. The van der Waals surface area contributed by atoms with Crippen molar-refractivity contribution in [1.29, 1.82) is 0 Å². The number of nitrogens with one attached hydrogen (secondary N) is 1. The molecule has 10 heteroatoms. The van der Waals surface area contributed by atoms with Gasteiger partial charge in [-0.15, -0.1) is 5.10 Å². The second-order valence-electron chi connectivity index (χ2n) is 6.70.